The number of benzene rings is 1. The summed E-state index contributed by atoms with van der Waals surface area (Å²) in [6.45, 7) is 1.55. The van der Waals surface area contributed by atoms with Crippen molar-refractivity contribution in [2.75, 3.05) is 13.1 Å². The summed E-state index contributed by atoms with van der Waals surface area (Å²) in [5.74, 6) is -0.874. The van der Waals surface area contributed by atoms with E-state index in [9.17, 15) is 14.7 Å². The fourth-order valence-electron chi connectivity index (χ4n) is 4.26. The molecule has 1 saturated carbocycles. The fraction of sp³-hybridized carbons (Fsp3) is 0.600. The van der Waals surface area contributed by atoms with Gasteiger partial charge >= 0.3 is 5.97 Å². The zero-order chi connectivity index (χ0) is 16.9. The first-order valence-corrected chi connectivity index (χ1v) is 9.20. The second-order valence-corrected chi connectivity index (χ2v) is 7.29. The number of carboxylic acids is 1. The Morgan fingerprint density at radius 2 is 1.58 bits per heavy atom. The van der Waals surface area contributed by atoms with Crippen molar-refractivity contribution >= 4 is 11.9 Å². The SMILES string of the molecule is O=C(O)[C@H]1CCCC[C@H]1C(=O)N1CCC(Cc2ccccc2)CC1. The summed E-state index contributed by atoms with van der Waals surface area (Å²) in [4.78, 5) is 26.2. The molecule has 0 spiro atoms. The first kappa shape index (κ1) is 17.0. The van der Waals surface area contributed by atoms with Gasteiger partial charge in [-0.2, -0.15) is 0 Å². The molecule has 2 fully saturated rings. The molecule has 0 aromatic heterocycles. The van der Waals surface area contributed by atoms with E-state index < -0.39 is 11.9 Å². The molecule has 1 heterocycles. The Balaban J connectivity index is 1.54. The Morgan fingerprint density at radius 3 is 2.21 bits per heavy atom. The maximum Gasteiger partial charge on any atom is 0.307 e. The number of nitrogens with zero attached hydrogens (tertiary/aromatic N) is 1. The quantitative estimate of drug-likeness (QED) is 0.921. The number of carboxylic acid groups (broad SMARTS) is 1. The molecule has 2 atom stereocenters. The summed E-state index contributed by atoms with van der Waals surface area (Å²) in [7, 11) is 0. The standard InChI is InChI=1S/C20H27NO3/c22-19(17-8-4-5-9-18(17)20(23)24)21-12-10-16(11-13-21)14-15-6-2-1-3-7-15/h1-3,6-7,16-18H,4-5,8-14H2,(H,23,24)/t17-,18+/m1/s1. The predicted molar refractivity (Wildman–Crippen MR) is 92.5 cm³/mol. The molecule has 1 aliphatic heterocycles. The fourth-order valence-corrected chi connectivity index (χ4v) is 4.26. The predicted octanol–water partition coefficient (Wildman–Crippen LogP) is 3.36. The van der Waals surface area contributed by atoms with Crippen LogP contribution in [0.4, 0.5) is 0 Å². The van der Waals surface area contributed by atoms with Crippen LogP contribution < -0.4 is 0 Å². The normalized spacial score (nSPS) is 25.4. The number of amides is 1. The van der Waals surface area contributed by atoms with Gasteiger partial charge in [0.2, 0.25) is 5.91 Å². The van der Waals surface area contributed by atoms with Gasteiger partial charge in [-0.1, -0.05) is 43.2 Å². The summed E-state index contributed by atoms with van der Waals surface area (Å²) in [5, 5.41) is 9.39. The molecule has 0 unspecified atom stereocenters. The molecule has 1 aromatic rings. The molecule has 130 valence electrons. The maximum absolute atomic E-state index is 12.8. The third kappa shape index (κ3) is 3.97. The van der Waals surface area contributed by atoms with Crippen LogP contribution >= 0.6 is 0 Å². The van der Waals surface area contributed by atoms with Gasteiger partial charge in [-0.25, -0.2) is 0 Å². The van der Waals surface area contributed by atoms with Crippen molar-refractivity contribution in [3.63, 3.8) is 0 Å². The Morgan fingerprint density at radius 1 is 0.958 bits per heavy atom. The lowest BCUT2D eigenvalue weighted by Crippen LogP contribution is -2.46. The molecule has 0 radical (unpaired) electrons. The molecule has 0 bridgehead atoms. The molecular weight excluding hydrogens is 302 g/mol. The molecule has 4 nitrogen and oxygen atoms in total. The van der Waals surface area contributed by atoms with Crippen molar-refractivity contribution in [3.05, 3.63) is 35.9 Å². The van der Waals surface area contributed by atoms with Gasteiger partial charge in [0.1, 0.15) is 0 Å². The minimum atomic E-state index is -0.799. The van der Waals surface area contributed by atoms with Gasteiger partial charge in [-0.15, -0.1) is 0 Å². The van der Waals surface area contributed by atoms with Gasteiger partial charge in [0.25, 0.3) is 0 Å². The molecule has 1 saturated heterocycles. The number of carbonyl (C=O) groups is 2. The van der Waals surface area contributed by atoms with E-state index in [0.717, 1.165) is 51.6 Å². The van der Waals surface area contributed by atoms with Crippen molar-refractivity contribution < 1.29 is 14.7 Å². The van der Waals surface area contributed by atoms with E-state index in [2.05, 4.69) is 24.3 Å². The first-order chi connectivity index (χ1) is 11.6. The zero-order valence-corrected chi connectivity index (χ0v) is 14.2. The maximum atomic E-state index is 12.8. The molecule has 24 heavy (non-hydrogen) atoms. The summed E-state index contributed by atoms with van der Waals surface area (Å²) in [5.41, 5.74) is 1.36. The summed E-state index contributed by atoms with van der Waals surface area (Å²) >= 11 is 0. The van der Waals surface area contributed by atoms with Crippen LogP contribution in [0, 0.1) is 17.8 Å². The summed E-state index contributed by atoms with van der Waals surface area (Å²) < 4.78 is 0. The highest BCUT2D eigenvalue weighted by Crippen LogP contribution is 2.33. The van der Waals surface area contributed by atoms with Gasteiger partial charge in [0.05, 0.1) is 11.8 Å². The number of carbonyl (C=O) groups excluding carboxylic acids is 1. The third-order valence-electron chi connectivity index (χ3n) is 5.69. The Labute approximate surface area is 143 Å². The minimum absolute atomic E-state index is 0.0836. The molecule has 1 aliphatic carbocycles. The van der Waals surface area contributed by atoms with Crippen molar-refractivity contribution in [3.8, 4) is 0 Å². The summed E-state index contributed by atoms with van der Waals surface area (Å²) in [6.07, 6.45) is 6.40. The lowest BCUT2D eigenvalue weighted by molar-refractivity contribution is -0.152. The molecule has 1 N–H and O–H groups in total. The van der Waals surface area contributed by atoms with Crippen LogP contribution in [0.3, 0.4) is 0 Å². The second-order valence-electron chi connectivity index (χ2n) is 7.29. The van der Waals surface area contributed by atoms with E-state index in [-0.39, 0.29) is 11.8 Å². The van der Waals surface area contributed by atoms with Crippen molar-refractivity contribution in [2.45, 2.75) is 44.9 Å². The van der Waals surface area contributed by atoms with Crippen LogP contribution in [0.25, 0.3) is 0 Å². The molecule has 2 aliphatic rings. The van der Waals surface area contributed by atoms with E-state index in [1.165, 1.54) is 5.56 Å². The average molecular weight is 329 g/mol. The van der Waals surface area contributed by atoms with E-state index >= 15 is 0 Å². The number of hydrogen-bond acceptors (Lipinski definition) is 2. The zero-order valence-electron chi connectivity index (χ0n) is 14.2. The van der Waals surface area contributed by atoms with Crippen molar-refractivity contribution in [1.29, 1.82) is 0 Å². The lowest BCUT2D eigenvalue weighted by Gasteiger charge is -2.37. The van der Waals surface area contributed by atoms with Crippen LogP contribution in [0.5, 0.6) is 0 Å². The molecule has 4 heteroatoms. The Bertz CT molecular complexity index is 564. The van der Waals surface area contributed by atoms with E-state index in [0.29, 0.717) is 12.3 Å². The summed E-state index contributed by atoms with van der Waals surface area (Å²) in [6, 6.07) is 10.5. The number of rotatable bonds is 4. The van der Waals surface area contributed by atoms with Crippen molar-refractivity contribution in [2.24, 2.45) is 17.8 Å². The van der Waals surface area contributed by atoms with Gasteiger partial charge in [-0.05, 0) is 43.6 Å². The van der Waals surface area contributed by atoms with Gasteiger partial charge in [-0.3, -0.25) is 9.59 Å². The van der Waals surface area contributed by atoms with Gasteiger partial charge < -0.3 is 10.0 Å². The van der Waals surface area contributed by atoms with Gasteiger partial charge in [0, 0.05) is 13.1 Å². The highest BCUT2D eigenvalue weighted by Gasteiger charge is 2.38. The monoisotopic (exact) mass is 329 g/mol. The highest BCUT2D eigenvalue weighted by molar-refractivity contribution is 5.85. The minimum Gasteiger partial charge on any atom is -0.481 e. The average Bonchev–Trinajstić information content (AvgIpc) is 2.62. The largest absolute Gasteiger partial charge is 0.481 e. The van der Waals surface area contributed by atoms with Gasteiger partial charge in [0.15, 0.2) is 0 Å². The molecular formula is C20H27NO3. The number of piperidine rings is 1. The van der Waals surface area contributed by atoms with Crippen LogP contribution in [-0.2, 0) is 16.0 Å². The van der Waals surface area contributed by atoms with Crippen LogP contribution in [-0.4, -0.2) is 35.0 Å². The lowest BCUT2D eigenvalue weighted by atomic mass is 9.78. The Kier molecular flexibility index (Phi) is 5.54. The highest BCUT2D eigenvalue weighted by atomic mass is 16.4. The topological polar surface area (TPSA) is 57.6 Å². The molecule has 1 amide bonds. The Hall–Kier alpha value is -1.84. The van der Waals surface area contributed by atoms with E-state index in [1.807, 2.05) is 11.0 Å². The third-order valence-corrected chi connectivity index (χ3v) is 5.69. The second kappa shape index (κ2) is 7.82. The van der Waals surface area contributed by atoms with Crippen LogP contribution in [0.1, 0.15) is 44.1 Å². The van der Waals surface area contributed by atoms with E-state index in [4.69, 9.17) is 0 Å². The van der Waals surface area contributed by atoms with Crippen LogP contribution in [0.15, 0.2) is 30.3 Å². The molecule has 1 aromatic carbocycles. The van der Waals surface area contributed by atoms with E-state index in [1.54, 1.807) is 0 Å². The number of hydrogen-bond donors (Lipinski definition) is 1. The number of aliphatic carboxylic acids is 1. The van der Waals surface area contributed by atoms with Crippen LogP contribution in [0.2, 0.25) is 0 Å². The molecule has 3 rings (SSSR count). The van der Waals surface area contributed by atoms with Crippen molar-refractivity contribution in [1.82, 2.24) is 4.90 Å². The smallest absolute Gasteiger partial charge is 0.307 e. The first-order valence-electron chi connectivity index (χ1n) is 9.20. The number of likely N-dealkylation sites (tertiary alicyclic amines) is 1.